The summed E-state index contributed by atoms with van der Waals surface area (Å²) in [5.74, 6) is -0.173. The Bertz CT molecular complexity index is 933. The van der Waals surface area contributed by atoms with Crippen molar-refractivity contribution in [3.8, 4) is 11.5 Å². The average Bonchev–Trinajstić information content (AvgIpc) is 3.15. The van der Waals surface area contributed by atoms with Crippen LogP contribution in [0.5, 0.6) is 11.5 Å². The zero-order valence-electron chi connectivity index (χ0n) is 18.8. The Balaban J connectivity index is 1.81. The van der Waals surface area contributed by atoms with E-state index in [-0.39, 0.29) is 23.0 Å². The van der Waals surface area contributed by atoms with E-state index in [1.165, 1.54) is 6.07 Å². The second-order valence-corrected chi connectivity index (χ2v) is 8.27. The lowest BCUT2D eigenvalue weighted by molar-refractivity contribution is -0.128. The molecule has 1 saturated heterocycles. The second-order valence-electron chi connectivity index (χ2n) is 8.27. The highest BCUT2D eigenvalue weighted by atomic mass is 16.5. The van der Waals surface area contributed by atoms with Crippen LogP contribution in [-0.2, 0) is 14.3 Å². The van der Waals surface area contributed by atoms with E-state index in [2.05, 4.69) is 0 Å². The minimum Gasteiger partial charge on any atom is -0.507 e. The first-order valence-electron chi connectivity index (χ1n) is 11.2. The fourth-order valence-corrected chi connectivity index (χ4v) is 3.76. The zero-order valence-corrected chi connectivity index (χ0v) is 18.8. The smallest absolute Gasteiger partial charge is 0.343 e. The molecule has 172 valence electrons. The van der Waals surface area contributed by atoms with E-state index in [1.54, 1.807) is 30.0 Å². The molecule has 2 aliphatic rings. The van der Waals surface area contributed by atoms with Gasteiger partial charge in [-0.05, 0) is 50.3 Å². The normalized spacial score (nSPS) is 20.4. The number of ketones is 1. The summed E-state index contributed by atoms with van der Waals surface area (Å²) in [6.07, 6.45) is 8.52. The van der Waals surface area contributed by atoms with E-state index in [4.69, 9.17) is 9.47 Å². The van der Waals surface area contributed by atoms with Crippen molar-refractivity contribution in [2.75, 3.05) is 19.7 Å². The molecule has 0 aliphatic carbocycles. The predicted octanol–water partition coefficient (Wildman–Crippen LogP) is 4.04. The molecule has 1 N–H and O–H groups in total. The molecule has 0 aromatic heterocycles. The molecule has 0 radical (unpaired) electrons. The lowest BCUT2D eigenvalue weighted by atomic mass is 10.0. The van der Waals surface area contributed by atoms with Gasteiger partial charge < -0.3 is 19.5 Å². The van der Waals surface area contributed by atoms with Crippen molar-refractivity contribution < 1.29 is 29.0 Å². The van der Waals surface area contributed by atoms with Gasteiger partial charge in [0.15, 0.2) is 0 Å². The Hall–Kier alpha value is -3.09. The highest BCUT2D eigenvalue weighted by Gasteiger charge is 2.23. The SMILES string of the molecule is CC1=CCC(=O)CCCC=Cc2cc(OCCN3CCCC3=O)cc(O)c2C(=O)O[C@H]1C. The molecule has 7 nitrogen and oxygen atoms in total. The summed E-state index contributed by atoms with van der Waals surface area (Å²) in [6.45, 7) is 5.07. The minimum absolute atomic E-state index is 0.0797. The van der Waals surface area contributed by atoms with Crippen LogP contribution in [0, 0.1) is 0 Å². The monoisotopic (exact) mass is 441 g/mol. The lowest BCUT2D eigenvalue weighted by Gasteiger charge is -2.18. The van der Waals surface area contributed by atoms with E-state index in [9.17, 15) is 19.5 Å². The van der Waals surface area contributed by atoms with Crippen molar-refractivity contribution >= 4 is 23.7 Å². The number of carbonyl (C=O) groups is 3. The molecule has 32 heavy (non-hydrogen) atoms. The lowest BCUT2D eigenvalue weighted by Crippen LogP contribution is -2.29. The average molecular weight is 442 g/mol. The summed E-state index contributed by atoms with van der Waals surface area (Å²) >= 11 is 0. The molecule has 1 aromatic rings. The van der Waals surface area contributed by atoms with Gasteiger partial charge >= 0.3 is 5.97 Å². The van der Waals surface area contributed by atoms with E-state index < -0.39 is 12.1 Å². The number of benzene rings is 1. The Morgan fingerprint density at radius 1 is 1.19 bits per heavy atom. The van der Waals surface area contributed by atoms with Gasteiger partial charge in [-0.1, -0.05) is 18.2 Å². The van der Waals surface area contributed by atoms with Gasteiger partial charge in [0.25, 0.3) is 0 Å². The minimum atomic E-state index is -0.639. The molecule has 1 amide bonds. The summed E-state index contributed by atoms with van der Waals surface area (Å²) in [6, 6.07) is 3.08. The van der Waals surface area contributed by atoms with E-state index in [0.29, 0.717) is 56.6 Å². The number of hydrogen-bond donors (Lipinski definition) is 1. The number of hydrogen-bond acceptors (Lipinski definition) is 6. The van der Waals surface area contributed by atoms with Crippen molar-refractivity contribution in [2.24, 2.45) is 0 Å². The molecule has 1 fully saturated rings. The molecule has 0 bridgehead atoms. The predicted molar refractivity (Wildman–Crippen MR) is 121 cm³/mol. The van der Waals surface area contributed by atoms with Gasteiger partial charge in [0.2, 0.25) is 5.91 Å². The van der Waals surface area contributed by atoms with Crippen molar-refractivity contribution in [2.45, 2.75) is 58.5 Å². The van der Waals surface area contributed by atoms with Gasteiger partial charge in [0.05, 0.1) is 6.54 Å². The molecule has 0 spiro atoms. The van der Waals surface area contributed by atoms with Crippen molar-refractivity contribution in [3.05, 3.63) is 41.0 Å². The first-order chi connectivity index (χ1) is 15.3. The van der Waals surface area contributed by atoms with Crippen molar-refractivity contribution in [3.63, 3.8) is 0 Å². The number of likely N-dealkylation sites (tertiary alicyclic amines) is 1. The first kappa shape index (κ1) is 23.6. The van der Waals surface area contributed by atoms with Gasteiger partial charge in [0.1, 0.15) is 35.6 Å². The van der Waals surface area contributed by atoms with Gasteiger partial charge in [-0.3, -0.25) is 9.59 Å². The number of aromatic hydroxyl groups is 1. The van der Waals surface area contributed by atoms with E-state index >= 15 is 0 Å². The maximum absolute atomic E-state index is 12.9. The van der Waals surface area contributed by atoms with E-state index in [1.807, 2.05) is 13.0 Å². The zero-order chi connectivity index (χ0) is 23.1. The number of fused-ring (bicyclic) bond motifs is 1. The van der Waals surface area contributed by atoms with Crippen LogP contribution < -0.4 is 4.74 Å². The number of phenols is 1. The number of nitrogens with zero attached hydrogens (tertiary/aromatic N) is 1. The van der Waals surface area contributed by atoms with Gasteiger partial charge in [-0.2, -0.15) is 0 Å². The molecule has 1 aromatic carbocycles. The Kier molecular flexibility index (Phi) is 8.09. The van der Waals surface area contributed by atoms with E-state index in [0.717, 1.165) is 18.5 Å². The topological polar surface area (TPSA) is 93.1 Å². The number of rotatable bonds is 4. The summed E-state index contributed by atoms with van der Waals surface area (Å²) in [5.41, 5.74) is 1.35. The van der Waals surface area contributed by atoms with Gasteiger partial charge in [-0.15, -0.1) is 0 Å². The highest BCUT2D eigenvalue weighted by molar-refractivity contribution is 5.97. The largest absolute Gasteiger partial charge is 0.507 e. The summed E-state index contributed by atoms with van der Waals surface area (Å²) in [5, 5.41) is 10.6. The fraction of sp³-hybridized carbons (Fsp3) is 0.480. The number of esters is 1. The molecule has 3 rings (SSSR count). The van der Waals surface area contributed by atoms with Crippen LogP contribution in [0.2, 0.25) is 0 Å². The third-order valence-corrected chi connectivity index (χ3v) is 5.83. The summed E-state index contributed by atoms with van der Waals surface area (Å²) in [7, 11) is 0. The quantitative estimate of drug-likeness (QED) is 0.560. The molecule has 0 unspecified atom stereocenters. The molecule has 7 heteroatoms. The molecule has 0 saturated carbocycles. The van der Waals surface area contributed by atoms with Crippen LogP contribution in [0.15, 0.2) is 29.9 Å². The molecule has 2 heterocycles. The first-order valence-corrected chi connectivity index (χ1v) is 11.2. The molecular weight excluding hydrogens is 410 g/mol. The van der Waals surface area contributed by atoms with Crippen LogP contribution >= 0.6 is 0 Å². The maximum atomic E-state index is 12.9. The highest BCUT2D eigenvalue weighted by Crippen LogP contribution is 2.31. The van der Waals surface area contributed by atoms with Crippen molar-refractivity contribution in [1.29, 1.82) is 0 Å². The Labute approximate surface area is 188 Å². The number of ether oxygens (including phenoxy) is 2. The summed E-state index contributed by atoms with van der Waals surface area (Å²) in [4.78, 5) is 38.4. The number of carbonyl (C=O) groups excluding carboxylic acids is 3. The summed E-state index contributed by atoms with van der Waals surface area (Å²) < 4.78 is 11.3. The maximum Gasteiger partial charge on any atom is 0.343 e. The van der Waals surface area contributed by atoms with Gasteiger partial charge in [-0.25, -0.2) is 4.79 Å². The Morgan fingerprint density at radius 3 is 2.75 bits per heavy atom. The standard InChI is InChI=1S/C25H31NO6/c1-17-10-11-20(27)8-5-3-4-7-19-15-21(31-14-13-26-12-6-9-23(26)29)16-22(28)24(19)25(30)32-18(17)2/h4,7,10,15-16,18,28H,3,5-6,8-9,11-14H2,1-2H3/t18-/m0/s1. The number of Topliss-reactive ketones (excluding diaryl/α,β-unsaturated/α-hetero) is 1. The van der Waals surface area contributed by atoms with Crippen LogP contribution in [0.25, 0.3) is 6.08 Å². The molecule has 1 atom stereocenters. The van der Waals surface area contributed by atoms with Crippen molar-refractivity contribution in [1.82, 2.24) is 4.90 Å². The van der Waals surface area contributed by atoms with Crippen LogP contribution in [0.3, 0.4) is 0 Å². The fourth-order valence-electron chi connectivity index (χ4n) is 3.76. The third-order valence-electron chi connectivity index (χ3n) is 5.83. The number of phenolic OH excluding ortho intramolecular Hbond substituents is 1. The third kappa shape index (κ3) is 6.22. The molecule has 2 aliphatic heterocycles. The number of allylic oxidation sites excluding steroid dienone is 2. The Morgan fingerprint density at radius 2 is 2.00 bits per heavy atom. The molecular formula is C25H31NO6. The van der Waals surface area contributed by atoms with Crippen LogP contribution in [0.1, 0.15) is 68.3 Å². The van der Waals surface area contributed by atoms with Crippen LogP contribution in [-0.4, -0.2) is 53.5 Å². The second kappa shape index (κ2) is 11.0. The number of cyclic esters (lactones) is 1. The number of amides is 1. The van der Waals surface area contributed by atoms with Crippen LogP contribution in [0.4, 0.5) is 0 Å². The van der Waals surface area contributed by atoms with Gasteiger partial charge in [0, 0.05) is 31.9 Å².